The van der Waals surface area contributed by atoms with E-state index in [-0.39, 0.29) is 12.5 Å². The summed E-state index contributed by atoms with van der Waals surface area (Å²) in [6, 6.07) is 14.5. The van der Waals surface area contributed by atoms with Crippen LogP contribution in [0.15, 0.2) is 60.7 Å². The summed E-state index contributed by atoms with van der Waals surface area (Å²) >= 11 is 0. The Hall–Kier alpha value is -3.61. The average Bonchev–Trinajstić information content (AvgIpc) is 3.10. The molecule has 7 heteroatoms. The molecule has 31 heavy (non-hydrogen) atoms. The van der Waals surface area contributed by atoms with E-state index in [0.29, 0.717) is 12.8 Å². The van der Waals surface area contributed by atoms with Crippen molar-refractivity contribution in [3.8, 4) is 11.1 Å². The van der Waals surface area contributed by atoms with Crippen molar-refractivity contribution in [3.05, 3.63) is 71.8 Å². The van der Waals surface area contributed by atoms with Gasteiger partial charge in [0.05, 0.1) is 7.11 Å². The first-order valence-corrected chi connectivity index (χ1v) is 10.2. The molecule has 0 fully saturated rings. The number of methoxy groups -OCH3 is 1. The topological polar surface area (TPSA) is 93.7 Å². The summed E-state index contributed by atoms with van der Waals surface area (Å²) in [4.78, 5) is 36.8. The predicted molar refractivity (Wildman–Crippen MR) is 114 cm³/mol. The highest BCUT2D eigenvalue weighted by Crippen LogP contribution is 2.44. The number of alkyl carbamates (subject to hydrolysis) is 1. The molecule has 0 saturated heterocycles. The maximum Gasteiger partial charge on any atom is 0.407 e. The van der Waals surface area contributed by atoms with Crippen LogP contribution in [0.2, 0.25) is 0 Å². The molecule has 2 aromatic rings. The SMILES string of the molecule is COC(=O)[C@@H]1C/C=C\C[C@H](NC(=O)OCC2c3ccccc3-c3ccccc32)C(=O)N1. The van der Waals surface area contributed by atoms with Crippen LogP contribution in [0.25, 0.3) is 11.1 Å². The van der Waals surface area contributed by atoms with E-state index in [2.05, 4.69) is 22.8 Å². The van der Waals surface area contributed by atoms with Crippen LogP contribution in [0, 0.1) is 0 Å². The van der Waals surface area contributed by atoms with Gasteiger partial charge in [-0.15, -0.1) is 0 Å². The van der Waals surface area contributed by atoms with Crippen molar-refractivity contribution < 1.29 is 23.9 Å². The summed E-state index contributed by atoms with van der Waals surface area (Å²) in [5.41, 5.74) is 4.52. The van der Waals surface area contributed by atoms with Crippen molar-refractivity contribution in [2.45, 2.75) is 30.8 Å². The summed E-state index contributed by atoms with van der Waals surface area (Å²) in [5.74, 6) is -1.04. The van der Waals surface area contributed by atoms with Gasteiger partial charge in [0, 0.05) is 5.92 Å². The number of nitrogens with one attached hydrogen (secondary N) is 2. The fourth-order valence-electron chi connectivity index (χ4n) is 4.11. The van der Waals surface area contributed by atoms with Crippen LogP contribution in [0.1, 0.15) is 29.9 Å². The highest BCUT2D eigenvalue weighted by atomic mass is 16.5. The first-order valence-electron chi connectivity index (χ1n) is 10.2. The standard InChI is InChI=1S/C24H24N2O5/c1-30-23(28)21-13-7-6-12-20(22(27)25-21)26-24(29)31-14-19-17-10-4-2-8-15(17)16-9-3-5-11-18(16)19/h2-11,19-21H,12-14H2,1H3,(H,25,27)(H,26,29)/b7-6-/t20-,21-/m0/s1. The summed E-state index contributed by atoms with van der Waals surface area (Å²) in [6.45, 7) is 0.162. The Kier molecular flexibility index (Phi) is 6.02. The van der Waals surface area contributed by atoms with E-state index in [4.69, 9.17) is 9.47 Å². The molecule has 0 spiro atoms. The second-order valence-electron chi connectivity index (χ2n) is 7.55. The number of fused-ring (bicyclic) bond motifs is 3. The van der Waals surface area contributed by atoms with E-state index in [0.717, 1.165) is 22.3 Å². The lowest BCUT2D eigenvalue weighted by atomic mass is 9.98. The van der Waals surface area contributed by atoms with Gasteiger partial charge in [0.25, 0.3) is 0 Å². The fraction of sp³-hybridized carbons (Fsp3) is 0.292. The molecule has 0 bridgehead atoms. The highest BCUT2D eigenvalue weighted by molar-refractivity contribution is 5.90. The molecule has 160 valence electrons. The molecule has 2 aliphatic rings. The highest BCUT2D eigenvalue weighted by Gasteiger charge is 2.31. The van der Waals surface area contributed by atoms with E-state index in [1.165, 1.54) is 7.11 Å². The molecule has 2 atom stereocenters. The Balaban J connectivity index is 1.40. The molecule has 0 unspecified atom stereocenters. The van der Waals surface area contributed by atoms with Gasteiger partial charge in [-0.3, -0.25) is 4.79 Å². The minimum absolute atomic E-state index is 0.0621. The second-order valence-corrected chi connectivity index (χ2v) is 7.55. The molecular formula is C24H24N2O5. The van der Waals surface area contributed by atoms with E-state index < -0.39 is 30.1 Å². The molecule has 2 amide bonds. The lowest BCUT2D eigenvalue weighted by Crippen LogP contribution is -2.52. The van der Waals surface area contributed by atoms with Gasteiger partial charge >= 0.3 is 12.1 Å². The molecular weight excluding hydrogens is 396 g/mol. The quantitative estimate of drug-likeness (QED) is 0.586. The number of amides is 2. The number of carbonyl (C=O) groups is 3. The van der Waals surface area contributed by atoms with Gasteiger partial charge in [-0.05, 0) is 35.1 Å². The first-order chi connectivity index (χ1) is 15.1. The van der Waals surface area contributed by atoms with Gasteiger partial charge in [0.1, 0.15) is 18.7 Å². The Morgan fingerprint density at radius 2 is 1.61 bits per heavy atom. The smallest absolute Gasteiger partial charge is 0.407 e. The van der Waals surface area contributed by atoms with Gasteiger partial charge in [-0.1, -0.05) is 60.7 Å². The Morgan fingerprint density at radius 1 is 1.00 bits per heavy atom. The van der Waals surface area contributed by atoms with Crippen molar-refractivity contribution in [2.75, 3.05) is 13.7 Å². The zero-order valence-corrected chi connectivity index (χ0v) is 17.2. The summed E-state index contributed by atoms with van der Waals surface area (Å²) in [6.07, 6.45) is 3.53. The molecule has 1 aliphatic heterocycles. The second kappa shape index (κ2) is 9.04. The van der Waals surface area contributed by atoms with Crippen LogP contribution in [0.3, 0.4) is 0 Å². The summed E-state index contributed by atoms with van der Waals surface area (Å²) in [5, 5.41) is 5.22. The van der Waals surface area contributed by atoms with Crippen molar-refractivity contribution in [1.29, 1.82) is 0 Å². The monoisotopic (exact) mass is 420 g/mol. The van der Waals surface area contributed by atoms with Crippen molar-refractivity contribution in [2.24, 2.45) is 0 Å². The zero-order chi connectivity index (χ0) is 21.8. The third kappa shape index (κ3) is 4.30. The maximum atomic E-state index is 12.5. The lowest BCUT2D eigenvalue weighted by Gasteiger charge is -2.23. The summed E-state index contributed by atoms with van der Waals surface area (Å²) in [7, 11) is 1.27. The third-order valence-electron chi connectivity index (χ3n) is 5.66. The molecule has 1 aliphatic carbocycles. The molecule has 0 aromatic heterocycles. The minimum Gasteiger partial charge on any atom is -0.467 e. The third-order valence-corrected chi connectivity index (χ3v) is 5.66. The molecule has 0 radical (unpaired) electrons. The van der Waals surface area contributed by atoms with Gasteiger partial charge < -0.3 is 20.1 Å². The van der Waals surface area contributed by atoms with Crippen molar-refractivity contribution in [1.82, 2.24) is 10.6 Å². The van der Waals surface area contributed by atoms with E-state index in [1.807, 2.05) is 36.4 Å². The number of hydrogen-bond acceptors (Lipinski definition) is 5. The molecule has 7 nitrogen and oxygen atoms in total. The summed E-state index contributed by atoms with van der Waals surface area (Å²) < 4.78 is 10.2. The number of esters is 1. The number of rotatable bonds is 4. The predicted octanol–water partition coefficient (Wildman–Crippen LogP) is 2.90. The lowest BCUT2D eigenvalue weighted by molar-refractivity contribution is -0.145. The molecule has 2 aromatic carbocycles. The van der Waals surface area contributed by atoms with Crippen LogP contribution in [0.5, 0.6) is 0 Å². The maximum absolute atomic E-state index is 12.5. The minimum atomic E-state index is -0.834. The first kappa shape index (κ1) is 20.7. The zero-order valence-electron chi connectivity index (χ0n) is 17.2. The van der Waals surface area contributed by atoms with Gasteiger partial charge in [0.15, 0.2) is 0 Å². The van der Waals surface area contributed by atoms with Gasteiger partial charge in [0.2, 0.25) is 5.91 Å². The molecule has 4 rings (SSSR count). The van der Waals surface area contributed by atoms with Crippen LogP contribution < -0.4 is 10.6 Å². The van der Waals surface area contributed by atoms with Crippen LogP contribution in [-0.4, -0.2) is 43.8 Å². The Labute approximate surface area is 180 Å². The van der Waals surface area contributed by atoms with Gasteiger partial charge in [-0.2, -0.15) is 0 Å². The average molecular weight is 420 g/mol. The number of hydrogen-bond donors (Lipinski definition) is 2. The largest absolute Gasteiger partial charge is 0.467 e. The number of carbonyl (C=O) groups excluding carboxylic acids is 3. The Morgan fingerprint density at radius 3 is 2.26 bits per heavy atom. The molecule has 0 saturated carbocycles. The van der Waals surface area contributed by atoms with Crippen LogP contribution in [-0.2, 0) is 19.1 Å². The normalized spacial score (nSPS) is 21.0. The van der Waals surface area contributed by atoms with E-state index in [9.17, 15) is 14.4 Å². The van der Waals surface area contributed by atoms with Crippen LogP contribution in [0.4, 0.5) is 4.79 Å². The fourth-order valence-corrected chi connectivity index (χ4v) is 4.11. The van der Waals surface area contributed by atoms with Crippen LogP contribution >= 0.6 is 0 Å². The number of ether oxygens (including phenoxy) is 2. The van der Waals surface area contributed by atoms with E-state index in [1.54, 1.807) is 12.2 Å². The van der Waals surface area contributed by atoms with E-state index >= 15 is 0 Å². The number of benzene rings is 2. The molecule has 2 N–H and O–H groups in total. The van der Waals surface area contributed by atoms with Crippen molar-refractivity contribution in [3.63, 3.8) is 0 Å². The molecule has 1 heterocycles. The van der Waals surface area contributed by atoms with Gasteiger partial charge in [-0.25, -0.2) is 9.59 Å². The Bertz CT molecular complexity index is 987. The van der Waals surface area contributed by atoms with Crippen molar-refractivity contribution >= 4 is 18.0 Å².